The topological polar surface area (TPSA) is 75.6 Å². The molecule has 0 aliphatic rings. The third-order valence-corrected chi connectivity index (χ3v) is 3.54. The van der Waals surface area contributed by atoms with Crippen LogP contribution in [-0.2, 0) is 19.9 Å². The van der Waals surface area contributed by atoms with E-state index in [1.165, 1.54) is 7.11 Å². The van der Waals surface area contributed by atoms with Gasteiger partial charge in [0.15, 0.2) is 5.54 Å². The maximum atomic E-state index is 12.0. The average Bonchev–Trinajstić information content (AvgIpc) is 2.44. The molecular weight excluding hydrogens is 282 g/mol. The summed E-state index contributed by atoms with van der Waals surface area (Å²) in [4.78, 5) is 23.7. The van der Waals surface area contributed by atoms with E-state index in [0.717, 1.165) is 0 Å². The molecule has 0 fully saturated rings. The Morgan fingerprint density at radius 3 is 2.35 bits per heavy atom. The predicted molar refractivity (Wildman–Crippen MR) is 75.7 cm³/mol. The number of hydrogen-bond acceptors (Lipinski definition) is 3. The van der Waals surface area contributed by atoms with Crippen molar-refractivity contribution in [1.29, 1.82) is 0 Å². The molecular formula is C14H18ClNO4. The summed E-state index contributed by atoms with van der Waals surface area (Å²) in [6.07, 6.45) is -0.529. The van der Waals surface area contributed by atoms with Crippen LogP contribution in [0.1, 0.15) is 25.8 Å². The van der Waals surface area contributed by atoms with Crippen LogP contribution in [0, 0.1) is 0 Å². The summed E-state index contributed by atoms with van der Waals surface area (Å²) in [5.74, 6) is -1.61. The minimum atomic E-state index is -1.49. The van der Waals surface area contributed by atoms with E-state index in [-0.39, 0.29) is 6.42 Å². The van der Waals surface area contributed by atoms with Gasteiger partial charge in [-0.05, 0) is 31.0 Å². The summed E-state index contributed by atoms with van der Waals surface area (Å²) < 4.78 is 4.91. The molecule has 0 bridgehead atoms. The molecule has 0 radical (unpaired) electrons. The molecule has 0 heterocycles. The van der Waals surface area contributed by atoms with E-state index in [1.54, 1.807) is 38.1 Å². The Hall–Kier alpha value is -1.59. The van der Waals surface area contributed by atoms with Gasteiger partial charge in [0.2, 0.25) is 5.91 Å². The molecule has 1 amide bonds. The number of carboxylic acid groups (broad SMARTS) is 1. The normalized spacial score (nSPS) is 15.2. The zero-order chi connectivity index (χ0) is 15.3. The van der Waals surface area contributed by atoms with Crippen LogP contribution in [0.5, 0.6) is 0 Å². The Balaban J connectivity index is 3.19. The zero-order valence-electron chi connectivity index (χ0n) is 11.6. The highest BCUT2D eigenvalue weighted by atomic mass is 35.5. The van der Waals surface area contributed by atoms with Gasteiger partial charge < -0.3 is 15.2 Å². The van der Waals surface area contributed by atoms with Crippen LogP contribution in [0.3, 0.4) is 0 Å². The molecule has 1 aromatic carbocycles. The maximum absolute atomic E-state index is 12.0. The Morgan fingerprint density at radius 1 is 1.40 bits per heavy atom. The van der Waals surface area contributed by atoms with Gasteiger partial charge in [-0.25, -0.2) is 4.79 Å². The molecule has 1 rings (SSSR count). The first kappa shape index (κ1) is 16.5. The number of methoxy groups -OCH3 is 1. The minimum absolute atomic E-state index is 0.201. The lowest BCUT2D eigenvalue weighted by Gasteiger charge is -2.31. The average molecular weight is 300 g/mol. The SMILES string of the molecule is CCC(NC(=O)C(C)OC)(C(=O)O)c1ccc(Cl)cc1. The maximum Gasteiger partial charge on any atom is 0.334 e. The molecule has 5 nitrogen and oxygen atoms in total. The van der Waals surface area contributed by atoms with Gasteiger partial charge in [0.05, 0.1) is 0 Å². The summed E-state index contributed by atoms with van der Waals surface area (Å²) in [5.41, 5.74) is -1.03. The fourth-order valence-electron chi connectivity index (χ4n) is 1.85. The molecule has 2 N–H and O–H groups in total. The fraction of sp³-hybridized carbons (Fsp3) is 0.429. The highest BCUT2D eigenvalue weighted by Gasteiger charge is 2.41. The van der Waals surface area contributed by atoms with E-state index in [2.05, 4.69) is 5.32 Å². The second-order valence-corrected chi connectivity index (χ2v) is 4.87. The van der Waals surface area contributed by atoms with Crippen LogP contribution in [0.25, 0.3) is 0 Å². The molecule has 0 spiro atoms. The number of hydrogen-bond donors (Lipinski definition) is 2. The molecule has 20 heavy (non-hydrogen) atoms. The number of amides is 1. The smallest absolute Gasteiger partial charge is 0.334 e. The molecule has 6 heteroatoms. The summed E-state index contributed by atoms with van der Waals surface area (Å²) in [7, 11) is 1.39. The van der Waals surface area contributed by atoms with Gasteiger partial charge in [0, 0.05) is 12.1 Å². The summed E-state index contributed by atoms with van der Waals surface area (Å²) in [6, 6.07) is 6.38. The standard InChI is InChI=1S/C14H18ClNO4/c1-4-14(13(18)19,16-12(17)9(2)20-3)10-5-7-11(15)8-6-10/h5-9H,4H2,1-3H3,(H,16,17)(H,18,19). The molecule has 0 saturated carbocycles. The van der Waals surface area contributed by atoms with Crippen molar-refractivity contribution < 1.29 is 19.4 Å². The van der Waals surface area contributed by atoms with Crippen LogP contribution in [0.15, 0.2) is 24.3 Å². The molecule has 110 valence electrons. The van der Waals surface area contributed by atoms with Crippen molar-refractivity contribution in [2.24, 2.45) is 0 Å². The molecule has 0 saturated heterocycles. The van der Waals surface area contributed by atoms with E-state index in [9.17, 15) is 14.7 Å². The minimum Gasteiger partial charge on any atom is -0.479 e. The lowest BCUT2D eigenvalue weighted by atomic mass is 9.87. The second-order valence-electron chi connectivity index (χ2n) is 4.44. The van der Waals surface area contributed by atoms with Gasteiger partial charge in [-0.2, -0.15) is 0 Å². The first-order valence-electron chi connectivity index (χ1n) is 6.21. The van der Waals surface area contributed by atoms with Crippen molar-refractivity contribution in [2.75, 3.05) is 7.11 Å². The van der Waals surface area contributed by atoms with Crippen molar-refractivity contribution in [3.8, 4) is 0 Å². The van der Waals surface area contributed by atoms with Gasteiger partial charge in [-0.3, -0.25) is 4.79 Å². The Kier molecular flexibility index (Phi) is 5.53. The van der Waals surface area contributed by atoms with E-state index in [1.807, 2.05) is 0 Å². The van der Waals surface area contributed by atoms with Crippen LogP contribution in [-0.4, -0.2) is 30.2 Å². The van der Waals surface area contributed by atoms with E-state index < -0.39 is 23.5 Å². The van der Waals surface area contributed by atoms with Crippen LogP contribution in [0.4, 0.5) is 0 Å². The van der Waals surface area contributed by atoms with Gasteiger partial charge in [-0.15, -0.1) is 0 Å². The fourth-order valence-corrected chi connectivity index (χ4v) is 1.97. The van der Waals surface area contributed by atoms with E-state index in [4.69, 9.17) is 16.3 Å². The zero-order valence-corrected chi connectivity index (χ0v) is 12.4. The Morgan fingerprint density at radius 2 is 1.95 bits per heavy atom. The molecule has 0 aliphatic heterocycles. The van der Waals surface area contributed by atoms with E-state index in [0.29, 0.717) is 10.6 Å². The van der Waals surface area contributed by atoms with Crippen LogP contribution >= 0.6 is 11.6 Å². The Labute approximate surface area is 122 Å². The van der Waals surface area contributed by atoms with Crippen molar-refractivity contribution in [1.82, 2.24) is 5.32 Å². The number of ether oxygens (including phenoxy) is 1. The number of carbonyl (C=O) groups is 2. The van der Waals surface area contributed by atoms with Crippen molar-refractivity contribution in [2.45, 2.75) is 31.9 Å². The second kappa shape index (κ2) is 6.72. The Bertz CT molecular complexity index is 488. The molecule has 1 aromatic rings. The lowest BCUT2D eigenvalue weighted by Crippen LogP contribution is -2.54. The van der Waals surface area contributed by atoms with Crippen molar-refractivity contribution in [3.05, 3.63) is 34.9 Å². The van der Waals surface area contributed by atoms with Gasteiger partial charge in [-0.1, -0.05) is 30.7 Å². The number of aliphatic carboxylic acids is 1. The van der Waals surface area contributed by atoms with Gasteiger partial charge >= 0.3 is 5.97 Å². The number of nitrogens with one attached hydrogen (secondary N) is 1. The third-order valence-electron chi connectivity index (χ3n) is 3.29. The first-order valence-corrected chi connectivity index (χ1v) is 6.59. The molecule has 0 aromatic heterocycles. The van der Waals surface area contributed by atoms with Gasteiger partial charge in [0.1, 0.15) is 6.10 Å². The predicted octanol–water partition coefficient (Wildman–Crippen LogP) is 2.18. The monoisotopic (exact) mass is 299 g/mol. The quantitative estimate of drug-likeness (QED) is 0.844. The van der Waals surface area contributed by atoms with Crippen molar-refractivity contribution >= 4 is 23.5 Å². The van der Waals surface area contributed by atoms with Crippen LogP contribution < -0.4 is 5.32 Å². The van der Waals surface area contributed by atoms with Crippen LogP contribution in [0.2, 0.25) is 5.02 Å². The van der Waals surface area contributed by atoms with Crippen molar-refractivity contribution in [3.63, 3.8) is 0 Å². The number of halogens is 1. The summed E-state index contributed by atoms with van der Waals surface area (Å²) in [5, 5.41) is 12.6. The first-order chi connectivity index (χ1) is 9.37. The summed E-state index contributed by atoms with van der Waals surface area (Å²) in [6.45, 7) is 3.25. The molecule has 0 aliphatic carbocycles. The lowest BCUT2D eigenvalue weighted by molar-refractivity contribution is -0.150. The summed E-state index contributed by atoms with van der Waals surface area (Å²) >= 11 is 5.81. The number of carbonyl (C=O) groups excluding carboxylic acids is 1. The third kappa shape index (κ3) is 3.29. The highest BCUT2D eigenvalue weighted by Crippen LogP contribution is 2.27. The largest absolute Gasteiger partial charge is 0.479 e. The molecule has 2 atom stereocenters. The number of rotatable bonds is 6. The van der Waals surface area contributed by atoms with E-state index >= 15 is 0 Å². The van der Waals surface area contributed by atoms with Gasteiger partial charge in [0.25, 0.3) is 0 Å². The molecule has 2 unspecified atom stereocenters. The number of benzene rings is 1. The highest BCUT2D eigenvalue weighted by molar-refractivity contribution is 6.30. The number of carboxylic acids is 1.